The molecule has 6 nitrogen and oxygen atoms in total. The van der Waals surface area contributed by atoms with Crippen molar-refractivity contribution in [1.82, 2.24) is 14.5 Å². The van der Waals surface area contributed by atoms with Crippen LogP contribution in [-0.2, 0) is 0 Å². The van der Waals surface area contributed by atoms with Gasteiger partial charge in [0.05, 0.1) is 5.60 Å². The maximum atomic E-state index is 13.4. The molecule has 0 aliphatic heterocycles. The van der Waals surface area contributed by atoms with Gasteiger partial charge < -0.3 is 10.4 Å². The number of aliphatic hydroxyl groups is 1. The molecule has 2 fully saturated rings. The summed E-state index contributed by atoms with van der Waals surface area (Å²) in [7, 11) is 0. The molecule has 0 bridgehead atoms. The van der Waals surface area contributed by atoms with Gasteiger partial charge in [-0.3, -0.25) is 9.36 Å². The predicted molar refractivity (Wildman–Crippen MR) is 115 cm³/mol. The second-order valence-corrected chi connectivity index (χ2v) is 9.04. The summed E-state index contributed by atoms with van der Waals surface area (Å²) in [6, 6.07) is 7.75. The Balaban J connectivity index is 1.60. The van der Waals surface area contributed by atoms with Crippen LogP contribution in [0.4, 0.5) is 5.95 Å². The summed E-state index contributed by atoms with van der Waals surface area (Å²) in [5, 5.41) is 16.2. The predicted octanol–water partition coefficient (Wildman–Crippen LogP) is 4.02. The molecule has 5 rings (SSSR count). The lowest BCUT2D eigenvalue weighted by Gasteiger charge is -2.34. The number of fused-ring (bicyclic) bond motifs is 3. The van der Waals surface area contributed by atoms with E-state index in [1.807, 2.05) is 42.0 Å². The fourth-order valence-corrected chi connectivity index (χ4v) is 4.58. The summed E-state index contributed by atoms with van der Waals surface area (Å²) >= 11 is 0. The largest absolute Gasteiger partial charge is 0.390 e. The minimum absolute atomic E-state index is 0.00210. The van der Waals surface area contributed by atoms with Crippen molar-refractivity contribution in [2.24, 2.45) is 5.92 Å². The van der Waals surface area contributed by atoms with Gasteiger partial charge in [0.25, 0.3) is 5.56 Å². The second-order valence-electron chi connectivity index (χ2n) is 9.04. The highest BCUT2D eigenvalue weighted by atomic mass is 16.3. The van der Waals surface area contributed by atoms with Gasteiger partial charge in [-0.1, -0.05) is 31.0 Å². The molecule has 0 saturated heterocycles. The van der Waals surface area contributed by atoms with Crippen molar-refractivity contribution in [2.45, 2.75) is 63.5 Å². The number of hydrogen-bond donors (Lipinski definition) is 2. The van der Waals surface area contributed by atoms with E-state index in [4.69, 9.17) is 4.98 Å². The molecule has 2 saturated carbocycles. The van der Waals surface area contributed by atoms with Crippen LogP contribution in [0.1, 0.15) is 57.9 Å². The summed E-state index contributed by atoms with van der Waals surface area (Å²) in [6.07, 6.45) is 8.58. The molecule has 2 aliphatic carbocycles. The molecule has 0 radical (unpaired) electrons. The van der Waals surface area contributed by atoms with E-state index >= 15 is 0 Å². The molecule has 2 aromatic heterocycles. The van der Waals surface area contributed by atoms with E-state index < -0.39 is 5.60 Å². The zero-order valence-electron chi connectivity index (χ0n) is 16.9. The van der Waals surface area contributed by atoms with Crippen LogP contribution in [0.2, 0.25) is 0 Å². The Kier molecular flexibility index (Phi) is 4.54. The quantitative estimate of drug-likeness (QED) is 0.641. The van der Waals surface area contributed by atoms with E-state index in [2.05, 4.69) is 10.3 Å². The van der Waals surface area contributed by atoms with Crippen molar-refractivity contribution < 1.29 is 5.11 Å². The summed E-state index contributed by atoms with van der Waals surface area (Å²) in [5.41, 5.74) is 0.0588. The lowest BCUT2D eigenvalue weighted by molar-refractivity contribution is 0.0100. The van der Waals surface area contributed by atoms with Gasteiger partial charge in [0.15, 0.2) is 0 Å². The van der Waals surface area contributed by atoms with Crippen LogP contribution in [-0.4, -0.2) is 31.8 Å². The third-order valence-electron chi connectivity index (χ3n) is 6.59. The fraction of sp³-hybridized carbons (Fsp3) is 0.522. The molecule has 1 aromatic carbocycles. The van der Waals surface area contributed by atoms with Crippen LogP contribution in [0.15, 0.2) is 35.3 Å². The molecule has 2 aliphatic rings. The van der Waals surface area contributed by atoms with Crippen LogP contribution in [0.3, 0.4) is 0 Å². The number of pyridine rings is 1. The maximum Gasteiger partial charge on any atom is 0.260 e. The van der Waals surface area contributed by atoms with Crippen LogP contribution in [0, 0.1) is 5.92 Å². The van der Waals surface area contributed by atoms with Gasteiger partial charge in [-0.25, -0.2) is 4.98 Å². The first-order valence-electron chi connectivity index (χ1n) is 10.8. The SMILES string of the molecule is C[C@]1(O)CC[C@H](n2c(=O)c3ccccc3c3cnc(NCCC4CC4)nc32)CC1. The maximum absolute atomic E-state index is 13.4. The average molecular weight is 393 g/mol. The molecular weight excluding hydrogens is 364 g/mol. The highest BCUT2D eigenvalue weighted by molar-refractivity contribution is 6.04. The molecule has 0 amide bonds. The minimum Gasteiger partial charge on any atom is -0.390 e. The summed E-state index contributed by atoms with van der Waals surface area (Å²) in [4.78, 5) is 22.8. The molecule has 29 heavy (non-hydrogen) atoms. The minimum atomic E-state index is -0.642. The number of aromatic nitrogens is 3. The van der Waals surface area contributed by atoms with Gasteiger partial charge in [-0.15, -0.1) is 0 Å². The number of benzene rings is 1. The Bertz CT molecular complexity index is 1110. The van der Waals surface area contributed by atoms with Gasteiger partial charge >= 0.3 is 0 Å². The van der Waals surface area contributed by atoms with Gasteiger partial charge in [-0.05, 0) is 56.4 Å². The fourth-order valence-electron chi connectivity index (χ4n) is 4.58. The number of anilines is 1. The topological polar surface area (TPSA) is 80.0 Å². The monoisotopic (exact) mass is 392 g/mol. The van der Waals surface area contributed by atoms with Crippen LogP contribution >= 0.6 is 0 Å². The Morgan fingerprint density at radius 1 is 1.14 bits per heavy atom. The first kappa shape index (κ1) is 18.6. The van der Waals surface area contributed by atoms with Gasteiger partial charge in [0.1, 0.15) is 5.65 Å². The molecule has 6 heteroatoms. The third kappa shape index (κ3) is 3.62. The van der Waals surface area contributed by atoms with Crippen molar-refractivity contribution in [2.75, 3.05) is 11.9 Å². The number of nitrogens with zero attached hydrogens (tertiary/aromatic N) is 3. The third-order valence-corrected chi connectivity index (χ3v) is 6.59. The molecule has 3 aromatic rings. The average Bonchev–Trinajstić information content (AvgIpc) is 3.54. The molecule has 2 N–H and O–H groups in total. The van der Waals surface area contributed by atoms with Crippen molar-refractivity contribution in [3.63, 3.8) is 0 Å². The normalized spacial score (nSPS) is 24.8. The summed E-state index contributed by atoms with van der Waals surface area (Å²) in [6.45, 7) is 2.74. The number of rotatable bonds is 5. The summed E-state index contributed by atoms with van der Waals surface area (Å²) in [5.74, 6) is 1.43. The smallest absolute Gasteiger partial charge is 0.260 e. The van der Waals surface area contributed by atoms with E-state index in [1.165, 1.54) is 12.8 Å². The Morgan fingerprint density at radius 3 is 2.59 bits per heavy atom. The van der Waals surface area contributed by atoms with E-state index in [0.717, 1.165) is 42.5 Å². The van der Waals surface area contributed by atoms with E-state index in [9.17, 15) is 9.90 Å². The van der Waals surface area contributed by atoms with Gasteiger partial charge in [0.2, 0.25) is 5.95 Å². The van der Waals surface area contributed by atoms with Crippen LogP contribution < -0.4 is 10.9 Å². The first-order valence-corrected chi connectivity index (χ1v) is 10.8. The van der Waals surface area contributed by atoms with Crippen molar-refractivity contribution in [3.8, 4) is 0 Å². The van der Waals surface area contributed by atoms with E-state index in [1.54, 1.807) is 0 Å². The van der Waals surface area contributed by atoms with Crippen LogP contribution in [0.5, 0.6) is 0 Å². The molecule has 0 atom stereocenters. The first-order chi connectivity index (χ1) is 14.0. The number of nitrogens with one attached hydrogen (secondary N) is 1. The second kappa shape index (κ2) is 7.10. The Labute approximate surface area is 170 Å². The molecular formula is C23H28N4O2. The standard InChI is InChI=1S/C23H28N4O2/c1-23(29)11-8-16(9-12-23)27-20-19(17-4-2-3-5-18(17)21(27)28)14-25-22(26-20)24-13-10-15-6-7-15/h2-5,14-16,29H,6-13H2,1H3,(H,24,25,26)/t16-,23-. The van der Waals surface area contributed by atoms with Crippen LogP contribution in [0.25, 0.3) is 21.8 Å². The Morgan fingerprint density at radius 2 is 1.86 bits per heavy atom. The summed E-state index contributed by atoms with van der Waals surface area (Å²) < 4.78 is 1.86. The lowest BCUT2D eigenvalue weighted by Crippen LogP contribution is -2.35. The lowest BCUT2D eigenvalue weighted by atomic mass is 9.83. The van der Waals surface area contributed by atoms with Gasteiger partial charge in [-0.2, -0.15) is 4.98 Å². The molecule has 152 valence electrons. The zero-order valence-corrected chi connectivity index (χ0v) is 16.9. The highest BCUT2D eigenvalue weighted by Crippen LogP contribution is 2.36. The van der Waals surface area contributed by atoms with Gasteiger partial charge in [0, 0.05) is 29.6 Å². The van der Waals surface area contributed by atoms with Crippen molar-refractivity contribution >= 4 is 27.8 Å². The zero-order chi connectivity index (χ0) is 20.0. The Hall–Kier alpha value is -2.47. The molecule has 0 unspecified atom stereocenters. The van der Waals surface area contributed by atoms with E-state index in [-0.39, 0.29) is 11.6 Å². The number of hydrogen-bond acceptors (Lipinski definition) is 5. The van der Waals surface area contributed by atoms with Crippen molar-refractivity contribution in [3.05, 3.63) is 40.8 Å². The van der Waals surface area contributed by atoms with Crippen molar-refractivity contribution in [1.29, 1.82) is 0 Å². The van der Waals surface area contributed by atoms with E-state index in [0.29, 0.717) is 29.8 Å². The molecule has 2 heterocycles. The molecule has 0 spiro atoms. The highest BCUT2D eigenvalue weighted by Gasteiger charge is 2.31.